The van der Waals surface area contributed by atoms with Crippen molar-refractivity contribution in [3.8, 4) is 0 Å². The molecule has 1 aliphatic heterocycles. The van der Waals surface area contributed by atoms with Crippen molar-refractivity contribution in [2.24, 2.45) is 5.92 Å². The van der Waals surface area contributed by atoms with Crippen LogP contribution in [-0.4, -0.2) is 40.0 Å². The Kier molecular flexibility index (Phi) is 4.21. The van der Waals surface area contributed by atoms with Crippen molar-refractivity contribution in [1.82, 2.24) is 9.88 Å². The molecule has 1 aromatic heterocycles. The van der Waals surface area contributed by atoms with Gasteiger partial charge in [0.05, 0.1) is 11.5 Å². The van der Waals surface area contributed by atoms with Gasteiger partial charge in [0, 0.05) is 34.5 Å². The Morgan fingerprint density at radius 1 is 1.30 bits per heavy atom. The van der Waals surface area contributed by atoms with E-state index in [2.05, 4.69) is 20.9 Å². The molecule has 120 valence electrons. The molecule has 1 atom stereocenters. The first-order valence-corrected chi connectivity index (χ1v) is 8.09. The summed E-state index contributed by atoms with van der Waals surface area (Å²) >= 11 is 3.36. The largest absolute Gasteiger partial charge is 0.481 e. The summed E-state index contributed by atoms with van der Waals surface area (Å²) in [5, 5.41) is 9.80. The fourth-order valence-corrected chi connectivity index (χ4v) is 3.30. The highest BCUT2D eigenvalue weighted by atomic mass is 79.9. The highest BCUT2D eigenvalue weighted by Gasteiger charge is 2.29. The van der Waals surface area contributed by atoms with Gasteiger partial charge in [-0.25, -0.2) is 0 Å². The number of carboxylic acid groups (broad SMARTS) is 1. The fraction of sp³-hybridized carbons (Fsp3) is 0.312. The van der Waals surface area contributed by atoms with Crippen molar-refractivity contribution in [2.45, 2.75) is 12.8 Å². The first-order valence-electron chi connectivity index (χ1n) is 7.30. The van der Waals surface area contributed by atoms with Crippen molar-refractivity contribution in [3.05, 3.63) is 44.7 Å². The summed E-state index contributed by atoms with van der Waals surface area (Å²) in [6, 6.07) is 6.57. The number of nitrogens with zero attached hydrogens (tertiary/aromatic N) is 1. The van der Waals surface area contributed by atoms with E-state index in [0.29, 0.717) is 35.9 Å². The van der Waals surface area contributed by atoms with Gasteiger partial charge in [-0.2, -0.15) is 0 Å². The van der Waals surface area contributed by atoms with Gasteiger partial charge in [-0.15, -0.1) is 0 Å². The van der Waals surface area contributed by atoms with Gasteiger partial charge < -0.3 is 15.0 Å². The molecule has 2 heterocycles. The summed E-state index contributed by atoms with van der Waals surface area (Å²) in [7, 11) is 0. The Morgan fingerprint density at radius 2 is 2.09 bits per heavy atom. The molecule has 1 fully saturated rings. The maximum absolute atomic E-state index is 12.8. The van der Waals surface area contributed by atoms with E-state index in [1.807, 2.05) is 0 Å². The predicted molar refractivity (Wildman–Crippen MR) is 88.5 cm³/mol. The summed E-state index contributed by atoms with van der Waals surface area (Å²) in [4.78, 5) is 40.0. The molecule has 1 aliphatic rings. The average molecular weight is 379 g/mol. The van der Waals surface area contributed by atoms with E-state index in [1.165, 1.54) is 11.0 Å². The van der Waals surface area contributed by atoms with E-state index in [1.54, 1.807) is 18.2 Å². The number of amides is 1. The van der Waals surface area contributed by atoms with Crippen molar-refractivity contribution in [3.63, 3.8) is 0 Å². The van der Waals surface area contributed by atoms with Crippen molar-refractivity contribution in [1.29, 1.82) is 0 Å². The number of H-pyrrole nitrogens is 1. The first-order chi connectivity index (χ1) is 11.0. The van der Waals surface area contributed by atoms with Gasteiger partial charge in [-0.3, -0.25) is 14.4 Å². The summed E-state index contributed by atoms with van der Waals surface area (Å²) in [6.07, 6.45) is 1.22. The number of hydrogen-bond acceptors (Lipinski definition) is 3. The molecule has 0 spiro atoms. The lowest BCUT2D eigenvalue weighted by Crippen LogP contribution is -2.42. The second-order valence-corrected chi connectivity index (χ2v) is 6.58. The Labute approximate surface area is 140 Å². The molecule has 2 aromatic rings. The molecule has 7 heteroatoms. The number of hydrogen-bond donors (Lipinski definition) is 2. The topological polar surface area (TPSA) is 90.5 Å². The van der Waals surface area contributed by atoms with Crippen LogP contribution in [0, 0.1) is 5.92 Å². The second kappa shape index (κ2) is 6.16. The molecule has 0 bridgehead atoms. The summed E-state index contributed by atoms with van der Waals surface area (Å²) in [5.41, 5.74) is 0.530. The highest BCUT2D eigenvalue weighted by Crippen LogP contribution is 2.24. The van der Waals surface area contributed by atoms with E-state index in [0.717, 1.165) is 4.47 Å². The molecule has 23 heavy (non-hydrogen) atoms. The van der Waals surface area contributed by atoms with Gasteiger partial charge in [0.15, 0.2) is 0 Å². The van der Waals surface area contributed by atoms with Crippen LogP contribution in [0.4, 0.5) is 0 Å². The molecule has 1 aromatic carbocycles. The number of aromatic amines is 1. The lowest BCUT2D eigenvalue weighted by atomic mass is 9.97. The quantitative estimate of drug-likeness (QED) is 0.837. The number of carboxylic acids is 1. The number of carbonyl (C=O) groups is 2. The zero-order valence-electron chi connectivity index (χ0n) is 12.2. The average Bonchev–Trinajstić information content (AvgIpc) is 2.54. The van der Waals surface area contributed by atoms with E-state index < -0.39 is 11.9 Å². The van der Waals surface area contributed by atoms with Crippen LogP contribution in [0.5, 0.6) is 0 Å². The lowest BCUT2D eigenvalue weighted by Gasteiger charge is -2.31. The van der Waals surface area contributed by atoms with Crippen LogP contribution in [0.15, 0.2) is 33.5 Å². The normalized spacial score (nSPS) is 18.1. The van der Waals surface area contributed by atoms with Crippen LogP contribution in [0.2, 0.25) is 0 Å². The Balaban J connectivity index is 2.02. The maximum Gasteiger partial charge on any atom is 0.308 e. The molecule has 0 unspecified atom stereocenters. The van der Waals surface area contributed by atoms with Gasteiger partial charge >= 0.3 is 5.97 Å². The molecule has 3 rings (SSSR count). The fourth-order valence-electron chi connectivity index (χ4n) is 2.94. The zero-order chi connectivity index (χ0) is 16.6. The third kappa shape index (κ3) is 3.14. The molecule has 6 nitrogen and oxygen atoms in total. The number of nitrogens with one attached hydrogen (secondary N) is 1. The number of rotatable bonds is 2. The molecule has 0 aliphatic carbocycles. The Morgan fingerprint density at radius 3 is 2.83 bits per heavy atom. The zero-order valence-corrected chi connectivity index (χ0v) is 13.8. The van der Waals surface area contributed by atoms with E-state index in [-0.39, 0.29) is 18.0 Å². The highest BCUT2D eigenvalue weighted by molar-refractivity contribution is 9.10. The Bertz CT molecular complexity index is 846. The molecule has 2 N–H and O–H groups in total. The minimum absolute atomic E-state index is 0.177. The van der Waals surface area contributed by atoms with Crippen LogP contribution in [0.25, 0.3) is 10.9 Å². The smallest absolute Gasteiger partial charge is 0.308 e. The van der Waals surface area contributed by atoms with Gasteiger partial charge in [0.2, 0.25) is 5.56 Å². The minimum Gasteiger partial charge on any atom is -0.481 e. The number of likely N-dealkylation sites (tertiary alicyclic amines) is 1. The number of fused-ring (bicyclic) bond motifs is 1. The summed E-state index contributed by atoms with van der Waals surface area (Å²) in [5.74, 6) is -1.74. The van der Waals surface area contributed by atoms with Crippen LogP contribution < -0.4 is 5.56 Å². The van der Waals surface area contributed by atoms with E-state index in [4.69, 9.17) is 5.11 Å². The monoisotopic (exact) mass is 378 g/mol. The summed E-state index contributed by atoms with van der Waals surface area (Å²) < 4.78 is 0.799. The number of piperidine rings is 1. The molecule has 0 radical (unpaired) electrons. The summed E-state index contributed by atoms with van der Waals surface area (Å²) in [6.45, 7) is 0.682. The van der Waals surface area contributed by atoms with E-state index >= 15 is 0 Å². The van der Waals surface area contributed by atoms with Crippen molar-refractivity contribution < 1.29 is 14.7 Å². The standard InChI is InChI=1S/C16H15BrN2O4/c17-10-3-4-13-11(6-10)12(7-14(20)18-13)15(21)19-5-1-2-9(8-19)16(22)23/h3-4,6-7,9H,1-2,5,8H2,(H,18,20)(H,22,23)/t9-/m0/s1. The minimum atomic E-state index is -0.888. The van der Waals surface area contributed by atoms with Crippen molar-refractivity contribution in [2.75, 3.05) is 13.1 Å². The SMILES string of the molecule is O=C(O)[C@H]1CCCN(C(=O)c2cc(=O)[nH]c3ccc(Br)cc23)C1. The Hall–Kier alpha value is -2.15. The van der Waals surface area contributed by atoms with Gasteiger partial charge in [-0.05, 0) is 31.0 Å². The lowest BCUT2D eigenvalue weighted by molar-refractivity contribution is -0.143. The number of aromatic nitrogens is 1. The van der Waals surface area contributed by atoms with Crippen LogP contribution in [-0.2, 0) is 4.79 Å². The van der Waals surface area contributed by atoms with Crippen molar-refractivity contribution >= 4 is 38.7 Å². The maximum atomic E-state index is 12.8. The first kappa shape index (κ1) is 15.7. The van der Waals surface area contributed by atoms with Gasteiger partial charge in [0.25, 0.3) is 5.91 Å². The van der Waals surface area contributed by atoms with E-state index in [9.17, 15) is 14.4 Å². The number of benzene rings is 1. The van der Waals surface area contributed by atoms with Crippen LogP contribution in [0.1, 0.15) is 23.2 Å². The third-order valence-corrected chi connectivity index (χ3v) is 4.59. The van der Waals surface area contributed by atoms with Gasteiger partial charge in [0.1, 0.15) is 0 Å². The van der Waals surface area contributed by atoms with Gasteiger partial charge in [-0.1, -0.05) is 15.9 Å². The molecule has 0 saturated carbocycles. The molecular weight excluding hydrogens is 364 g/mol. The number of carbonyl (C=O) groups excluding carboxylic acids is 1. The van der Waals surface area contributed by atoms with Crippen LogP contribution >= 0.6 is 15.9 Å². The molecular formula is C16H15BrN2O4. The van der Waals surface area contributed by atoms with Crippen LogP contribution in [0.3, 0.4) is 0 Å². The third-order valence-electron chi connectivity index (χ3n) is 4.09. The number of aliphatic carboxylic acids is 1. The molecule has 1 saturated heterocycles. The molecule has 1 amide bonds. The number of pyridine rings is 1. The number of halogens is 1. The predicted octanol–water partition coefficient (Wildman–Crippen LogP) is 2.23. The second-order valence-electron chi connectivity index (χ2n) is 5.67.